The Morgan fingerprint density at radius 2 is 1.80 bits per heavy atom. The van der Waals surface area contributed by atoms with Gasteiger partial charge in [-0.15, -0.1) is 11.3 Å². The van der Waals surface area contributed by atoms with Crippen molar-refractivity contribution in [1.29, 1.82) is 0 Å². The van der Waals surface area contributed by atoms with E-state index in [1.54, 1.807) is 23.5 Å². The second kappa shape index (κ2) is 12.3. The largest absolute Gasteiger partial charge is 0.439 e. The molecule has 1 atom stereocenters. The minimum Gasteiger partial charge on any atom is -0.439 e. The Hall–Kier alpha value is -3.52. The first-order valence-corrected chi connectivity index (χ1v) is 12.5. The van der Waals surface area contributed by atoms with Crippen LogP contribution in [0.5, 0.6) is 11.6 Å². The molecular weight excluding hydrogens is 458 g/mol. The standard InChI is InChI=1S/C28H29N3O3S/c29-28(33)23-12-13-27(30-19-23)34-25-10-5-4-9-22(25)14-16-31(20-21-7-2-1-3-8-21)17-15-24(32)26-11-6-18-35-26/h1-13,18-19,24,32H,14-17,20H2,(H2,29,33). The predicted molar refractivity (Wildman–Crippen MR) is 139 cm³/mol. The number of ether oxygens (including phenoxy) is 1. The number of rotatable bonds is 12. The molecule has 1 amide bonds. The zero-order valence-electron chi connectivity index (χ0n) is 19.4. The molecular formula is C28H29N3O3S. The number of nitrogens with two attached hydrogens (primary N) is 1. The van der Waals surface area contributed by atoms with Crippen LogP contribution < -0.4 is 10.5 Å². The molecule has 4 rings (SSSR count). The average molecular weight is 488 g/mol. The lowest BCUT2D eigenvalue weighted by Crippen LogP contribution is -2.28. The number of pyridine rings is 1. The van der Waals surface area contributed by atoms with Crippen molar-refractivity contribution < 1.29 is 14.6 Å². The Kier molecular flexibility index (Phi) is 8.62. The van der Waals surface area contributed by atoms with E-state index in [9.17, 15) is 9.90 Å². The number of aliphatic hydroxyl groups is 1. The fourth-order valence-corrected chi connectivity index (χ4v) is 4.57. The van der Waals surface area contributed by atoms with Crippen LogP contribution in [0.25, 0.3) is 0 Å². The first-order valence-electron chi connectivity index (χ1n) is 11.6. The van der Waals surface area contributed by atoms with Gasteiger partial charge >= 0.3 is 0 Å². The quantitative estimate of drug-likeness (QED) is 0.287. The molecule has 0 saturated heterocycles. The number of aromatic nitrogens is 1. The van der Waals surface area contributed by atoms with Gasteiger partial charge in [0.1, 0.15) is 5.75 Å². The summed E-state index contributed by atoms with van der Waals surface area (Å²) in [7, 11) is 0. The summed E-state index contributed by atoms with van der Waals surface area (Å²) in [6.45, 7) is 2.38. The summed E-state index contributed by atoms with van der Waals surface area (Å²) in [6, 6.07) is 25.5. The number of benzene rings is 2. The molecule has 2 aromatic carbocycles. The number of nitrogens with zero attached hydrogens (tertiary/aromatic N) is 2. The van der Waals surface area contributed by atoms with Gasteiger partial charge < -0.3 is 15.6 Å². The van der Waals surface area contributed by atoms with Crippen molar-refractivity contribution >= 4 is 17.2 Å². The van der Waals surface area contributed by atoms with Crippen LogP contribution in [0.1, 0.15) is 38.9 Å². The van der Waals surface area contributed by atoms with Crippen molar-refractivity contribution in [2.45, 2.75) is 25.5 Å². The number of carbonyl (C=O) groups is 1. The summed E-state index contributed by atoms with van der Waals surface area (Å²) in [4.78, 5) is 18.9. The number of hydrogen-bond donors (Lipinski definition) is 2. The van der Waals surface area contributed by atoms with Gasteiger partial charge in [0, 0.05) is 36.8 Å². The lowest BCUT2D eigenvalue weighted by molar-refractivity contribution is 0.1000. The fraction of sp³-hybridized carbons (Fsp3) is 0.214. The number of primary amides is 1. The van der Waals surface area contributed by atoms with Crippen molar-refractivity contribution in [2.75, 3.05) is 13.1 Å². The first kappa shape index (κ1) is 24.6. The van der Waals surface area contributed by atoms with Gasteiger partial charge in [0.05, 0.1) is 11.7 Å². The van der Waals surface area contributed by atoms with E-state index in [1.807, 2.05) is 60.0 Å². The third kappa shape index (κ3) is 7.23. The highest BCUT2D eigenvalue weighted by Gasteiger charge is 2.14. The van der Waals surface area contributed by atoms with Crippen LogP contribution in [0, 0.1) is 0 Å². The molecule has 4 aromatic rings. The van der Waals surface area contributed by atoms with Gasteiger partial charge in [-0.1, -0.05) is 54.6 Å². The van der Waals surface area contributed by atoms with Crippen LogP contribution in [0.2, 0.25) is 0 Å². The summed E-state index contributed by atoms with van der Waals surface area (Å²) in [5.74, 6) is 0.611. The summed E-state index contributed by atoms with van der Waals surface area (Å²) in [5.41, 5.74) is 7.93. The molecule has 0 bridgehead atoms. The van der Waals surface area contributed by atoms with E-state index >= 15 is 0 Å². The molecule has 180 valence electrons. The van der Waals surface area contributed by atoms with Crippen molar-refractivity contribution in [2.24, 2.45) is 5.73 Å². The second-order valence-electron chi connectivity index (χ2n) is 8.29. The molecule has 7 heteroatoms. The minimum absolute atomic E-state index is 0.340. The number of aliphatic hydroxyl groups excluding tert-OH is 1. The van der Waals surface area contributed by atoms with Gasteiger partial charge in [-0.25, -0.2) is 4.98 Å². The van der Waals surface area contributed by atoms with E-state index in [0.717, 1.165) is 42.2 Å². The average Bonchev–Trinajstić information content (AvgIpc) is 3.42. The van der Waals surface area contributed by atoms with Crippen LogP contribution in [0.3, 0.4) is 0 Å². The minimum atomic E-state index is -0.521. The normalized spacial score (nSPS) is 11.9. The summed E-state index contributed by atoms with van der Waals surface area (Å²) >= 11 is 1.59. The molecule has 2 aromatic heterocycles. The lowest BCUT2D eigenvalue weighted by atomic mass is 10.1. The zero-order valence-corrected chi connectivity index (χ0v) is 20.2. The van der Waals surface area contributed by atoms with E-state index in [2.05, 4.69) is 22.0 Å². The molecule has 0 aliphatic carbocycles. The smallest absolute Gasteiger partial charge is 0.250 e. The number of amides is 1. The van der Waals surface area contributed by atoms with E-state index in [1.165, 1.54) is 11.8 Å². The SMILES string of the molecule is NC(=O)c1ccc(Oc2ccccc2CCN(CCC(O)c2cccs2)Cc2ccccc2)nc1. The van der Waals surface area contributed by atoms with Gasteiger partial charge in [0.15, 0.2) is 0 Å². The molecule has 0 spiro atoms. The third-order valence-corrected chi connectivity index (χ3v) is 6.72. The van der Waals surface area contributed by atoms with Crippen LogP contribution in [-0.4, -0.2) is 34.0 Å². The Morgan fingerprint density at radius 1 is 1.00 bits per heavy atom. The molecule has 0 saturated carbocycles. The van der Waals surface area contributed by atoms with Gasteiger partial charge in [-0.2, -0.15) is 0 Å². The van der Waals surface area contributed by atoms with Crippen molar-refractivity contribution in [3.8, 4) is 11.6 Å². The van der Waals surface area contributed by atoms with Gasteiger partial charge in [0.25, 0.3) is 0 Å². The second-order valence-corrected chi connectivity index (χ2v) is 9.27. The Balaban J connectivity index is 1.43. The number of hydrogen-bond acceptors (Lipinski definition) is 6. The van der Waals surface area contributed by atoms with E-state index in [0.29, 0.717) is 17.9 Å². The zero-order chi connectivity index (χ0) is 24.5. The maximum absolute atomic E-state index is 11.3. The van der Waals surface area contributed by atoms with Crippen LogP contribution in [0.4, 0.5) is 0 Å². The summed E-state index contributed by atoms with van der Waals surface area (Å²) < 4.78 is 6.02. The molecule has 0 aliphatic heterocycles. The maximum atomic E-state index is 11.3. The van der Waals surface area contributed by atoms with Gasteiger partial charge in [-0.05, 0) is 47.5 Å². The maximum Gasteiger partial charge on any atom is 0.250 e. The molecule has 2 heterocycles. The van der Waals surface area contributed by atoms with Gasteiger partial charge in [-0.3, -0.25) is 9.69 Å². The molecule has 35 heavy (non-hydrogen) atoms. The van der Waals surface area contributed by atoms with E-state index in [4.69, 9.17) is 10.5 Å². The predicted octanol–water partition coefficient (Wildman–Crippen LogP) is 5.20. The summed E-state index contributed by atoms with van der Waals surface area (Å²) in [6.07, 6.45) is 2.40. The monoisotopic (exact) mass is 487 g/mol. The fourth-order valence-electron chi connectivity index (χ4n) is 3.83. The lowest BCUT2D eigenvalue weighted by Gasteiger charge is -2.24. The highest BCUT2D eigenvalue weighted by atomic mass is 32.1. The molecule has 6 nitrogen and oxygen atoms in total. The van der Waals surface area contributed by atoms with Crippen LogP contribution in [-0.2, 0) is 13.0 Å². The highest BCUT2D eigenvalue weighted by molar-refractivity contribution is 7.10. The number of thiophene rings is 1. The Labute approximate surface area is 209 Å². The van der Waals surface area contributed by atoms with Gasteiger partial charge in [0.2, 0.25) is 11.8 Å². The Bertz CT molecular complexity index is 1200. The highest BCUT2D eigenvalue weighted by Crippen LogP contribution is 2.26. The molecule has 0 fully saturated rings. The molecule has 0 aliphatic rings. The number of carbonyl (C=O) groups excluding carboxylic acids is 1. The van der Waals surface area contributed by atoms with Crippen molar-refractivity contribution in [3.05, 3.63) is 112 Å². The molecule has 3 N–H and O–H groups in total. The first-order chi connectivity index (χ1) is 17.1. The topological polar surface area (TPSA) is 88.7 Å². The van der Waals surface area contributed by atoms with Crippen molar-refractivity contribution in [3.63, 3.8) is 0 Å². The summed E-state index contributed by atoms with van der Waals surface area (Å²) in [5, 5.41) is 12.6. The number of para-hydroxylation sites is 1. The van der Waals surface area contributed by atoms with Crippen molar-refractivity contribution in [1.82, 2.24) is 9.88 Å². The molecule has 1 unspecified atom stereocenters. The molecule has 0 radical (unpaired) electrons. The third-order valence-electron chi connectivity index (χ3n) is 5.74. The van der Waals surface area contributed by atoms with E-state index < -0.39 is 12.0 Å². The van der Waals surface area contributed by atoms with Crippen LogP contribution in [0.15, 0.2) is 90.4 Å². The van der Waals surface area contributed by atoms with E-state index in [-0.39, 0.29) is 0 Å². The Morgan fingerprint density at radius 3 is 2.51 bits per heavy atom. The van der Waals surface area contributed by atoms with Crippen LogP contribution >= 0.6 is 11.3 Å².